The minimum absolute atomic E-state index is 0.0146. The second kappa shape index (κ2) is 21.0. The Hall–Kier alpha value is -6.22. The van der Waals surface area contributed by atoms with Crippen LogP contribution in [0.25, 0.3) is 0 Å². The van der Waals surface area contributed by atoms with Crippen molar-refractivity contribution in [1.82, 2.24) is 0 Å². The van der Waals surface area contributed by atoms with Gasteiger partial charge in [-0.3, -0.25) is 0 Å². The third-order valence-electron chi connectivity index (χ3n) is 8.84. The van der Waals surface area contributed by atoms with E-state index in [4.69, 9.17) is 15.1 Å². The minimum atomic E-state index is -7.59. The third kappa shape index (κ3) is 9.21. The molecule has 0 aliphatic heterocycles. The molecule has 0 aliphatic rings. The fourth-order valence-corrected chi connectivity index (χ4v) is 12.3. The molecule has 0 saturated heterocycles. The quantitative estimate of drug-likeness (QED) is 0.0550. The first-order chi connectivity index (χ1) is 31.9. The summed E-state index contributed by atoms with van der Waals surface area (Å²) >= 11 is 0. The molecule has 7 aromatic carbocycles. The summed E-state index contributed by atoms with van der Waals surface area (Å²) < 4.78 is 294. The minimum Gasteiger partial charge on any atom is -0.832 e. The van der Waals surface area contributed by atoms with Crippen LogP contribution in [-0.4, -0.2) is 17.4 Å². The summed E-state index contributed by atoms with van der Waals surface area (Å²) in [5.41, 5.74) is 0. The number of hydrogen-bond donors (Lipinski definition) is 2. The molecule has 0 radical (unpaired) electrons. The average molecular weight is 1020 g/mol. The molecule has 0 bridgehead atoms. The lowest BCUT2D eigenvalue weighted by Crippen LogP contribution is -2.29. The number of rotatable bonds is 7. The molecule has 26 heteroatoms. The molecule has 0 saturated carbocycles. The molecule has 0 unspecified atom stereocenters. The predicted molar refractivity (Wildman–Crippen MR) is 197 cm³/mol. The molecule has 68 heavy (non-hydrogen) atoms. The van der Waals surface area contributed by atoms with E-state index in [9.17, 15) is 52.7 Å². The van der Waals surface area contributed by atoms with Gasteiger partial charge in [-0.1, -0.05) is 54.6 Å². The van der Waals surface area contributed by atoms with Crippen molar-refractivity contribution in [3.05, 3.63) is 207 Å². The van der Waals surface area contributed by atoms with Crippen molar-refractivity contribution in [3.8, 4) is 0 Å². The van der Waals surface area contributed by atoms with Crippen molar-refractivity contribution < 1.29 is 103 Å². The van der Waals surface area contributed by atoms with Crippen LogP contribution in [0.3, 0.4) is 0 Å². The van der Waals surface area contributed by atoms with Gasteiger partial charge in [0.2, 0.25) is 23.3 Å². The van der Waals surface area contributed by atoms with Crippen LogP contribution in [0.2, 0.25) is 0 Å². The lowest BCUT2D eigenvalue weighted by atomic mass is 10.3. The summed E-state index contributed by atoms with van der Waals surface area (Å²) in [6.45, 7) is 0. The molecule has 7 aromatic rings. The van der Waals surface area contributed by atoms with Gasteiger partial charge in [0.1, 0.15) is 0 Å². The molecule has 2 N–H and O–H groups in total. The zero-order chi connectivity index (χ0) is 50.8. The van der Waals surface area contributed by atoms with Gasteiger partial charge in [-0.15, -0.1) is 10.0 Å². The maximum absolute atomic E-state index is 15.4. The zero-order valence-corrected chi connectivity index (χ0v) is 34.0. The first-order valence-electron chi connectivity index (χ1n) is 17.7. The number of halogens is 20. The highest BCUT2D eigenvalue weighted by molar-refractivity contribution is 8.34. The first kappa shape index (κ1) is 52.7. The van der Waals surface area contributed by atoms with E-state index in [1.54, 1.807) is 0 Å². The topological polar surface area (TPSA) is 63.5 Å². The van der Waals surface area contributed by atoms with Gasteiger partial charge in [0.25, 0.3) is 0 Å². The molecule has 0 amide bonds. The summed E-state index contributed by atoms with van der Waals surface area (Å²) in [6.07, 6.45) is 0. The molecule has 0 spiro atoms. The fourth-order valence-electron chi connectivity index (χ4n) is 6.10. The predicted octanol–water partition coefficient (Wildman–Crippen LogP) is 11.9. The zero-order valence-electron chi connectivity index (χ0n) is 32.4. The second-order valence-electron chi connectivity index (χ2n) is 12.8. The second-order valence-corrected chi connectivity index (χ2v) is 17.7. The highest BCUT2D eigenvalue weighted by Crippen LogP contribution is 2.78. The monoisotopic (exact) mass is 1020 g/mol. The van der Waals surface area contributed by atoms with E-state index < -0.39 is 153 Å². The maximum Gasteiger partial charge on any atom is 0.339 e. The van der Waals surface area contributed by atoms with Gasteiger partial charge in [0, 0.05) is 0 Å². The Morgan fingerprint density at radius 2 is 0.412 bits per heavy atom. The van der Waals surface area contributed by atoms with Gasteiger partial charge in [-0.25, -0.2) is 87.8 Å². The van der Waals surface area contributed by atoms with Gasteiger partial charge >= 0.3 is 7.32 Å². The van der Waals surface area contributed by atoms with Crippen molar-refractivity contribution in [2.75, 3.05) is 0 Å². The third-order valence-corrected chi connectivity index (χ3v) is 15.0. The lowest BCUT2D eigenvalue weighted by Gasteiger charge is -2.42. The molecule has 0 aromatic heterocycles. The number of hydrogen-bond acceptors (Lipinski definition) is 3. The number of benzene rings is 7. The Labute approximate surface area is 372 Å². The van der Waals surface area contributed by atoms with E-state index in [0.29, 0.717) is 0 Å². The van der Waals surface area contributed by atoms with Gasteiger partial charge in [0.15, 0.2) is 108 Å². The van der Waals surface area contributed by atoms with Crippen molar-refractivity contribution in [2.24, 2.45) is 0 Å². The summed E-state index contributed by atoms with van der Waals surface area (Å²) in [5.74, 6) is -71.3. The highest BCUT2D eigenvalue weighted by atomic mass is 32.3. The van der Waals surface area contributed by atoms with Gasteiger partial charge in [-0.05, 0) is 36.4 Å². The Balaban J connectivity index is 0.000000307. The Bertz CT molecular complexity index is 2530. The van der Waals surface area contributed by atoms with E-state index in [-0.39, 0.29) is 10.9 Å². The van der Waals surface area contributed by atoms with Crippen LogP contribution in [0.4, 0.5) is 87.8 Å². The Morgan fingerprint density at radius 3 is 0.559 bits per heavy atom. The van der Waals surface area contributed by atoms with Crippen molar-refractivity contribution >= 4 is 28.2 Å². The maximum atomic E-state index is 15.4. The molecule has 0 aliphatic carbocycles. The van der Waals surface area contributed by atoms with Crippen molar-refractivity contribution in [2.45, 2.75) is 34.3 Å². The summed E-state index contributed by atoms with van der Waals surface area (Å²) in [6, 6.07) is 32.2. The first-order valence-corrected chi connectivity index (χ1v) is 20.6. The van der Waals surface area contributed by atoms with E-state index in [1.807, 2.05) is 0 Å². The highest BCUT2D eigenvalue weighted by Gasteiger charge is 2.55. The van der Waals surface area contributed by atoms with Crippen molar-refractivity contribution in [3.63, 3.8) is 0 Å². The molecule has 7 rings (SSSR count). The van der Waals surface area contributed by atoms with Gasteiger partial charge < -0.3 is 15.1 Å². The summed E-state index contributed by atoms with van der Waals surface area (Å²) in [7, 11) is -10.0. The van der Waals surface area contributed by atoms with Gasteiger partial charge in [-0.2, -0.15) is 0 Å². The molecular formula is C42H17BF20O3S2. The van der Waals surface area contributed by atoms with Crippen LogP contribution >= 0.6 is 10.0 Å². The summed E-state index contributed by atoms with van der Waals surface area (Å²) in [4.78, 5) is -10.2. The van der Waals surface area contributed by atoms with Crippen LogP contribution in [0.15, 0.2) is 125 Å². The SMILES string of the molecule is Fc1c(F)c(F)c(S(c2c(F)c(F)c(F)c(F)c2F)(c2c(F)c(F)c(F)c(F)c2F)c2c(F)c(F)c(F)c(F)c2F)c(F)c1F.[O-]B(O)O.c1ccc([S+](c2ccccc2)c2ccccc2)cc1. The van der Waals surface area contributed by atoms with Crippen LogP contribution in [0.5, 0.6) is 0 Å². The van der Waals surface area contributed by atoms with E-state index in [1.165, 1.54) is 14.7 Å². The molecular weight excluding hydrogens is 1010 g/mol. The lowest BCUT2D eigenvalue weighted by molar-refractivity contribution is -0.242. The smallest absolute Gasteiger partial charge is 0.339 e. The van der Waals surface area contributed by atoms with E-state index >= 15 is 35.1 Å². The fraction of sp³-hybridized carbons (Fsp3) is 0. The van der Waals surface area contributed by atoms with Crippen LogP contribution in [0.1, 0.15) is 0 Å². The van der Waals surface area contributed by atoms with Crippen LogP contribution in [-0.2, 0) is 10.9 Å². The Kier molecular flexibility index (Phi) is 16.3. The van der Waals surface area contributed by atoms with Crippen molar-refractivity contribution in [1.29, 1.82) is 0 Å². The van der Waals surface area contributed by atoms with Crippen LogP contribution < -0.4 is 5.02 Å². The molecule has 358 valence electrons. The van der Waals surface area contributed by atoms with E-state index in [2.05, 4.69) is 91.0 Å². The summed E-state index contributed by atoms with van der Waals surface area (Å²) in [5, 5.41) is 22.8. The van der Waals surface area contributed by atoms with Crippen LogP contribution in [0, 0.1) is 116 Å². The molecule has 0 atom stereocenters. The normalized spacial score (nSPS) is 11.5. The van der Waals surface area contributed by atoms with E-state index in [0.717, 1.165) is 0 Å². The molecule has 3 nitrogen and oxygen atoms in total. The Morgan fingerprint density at radius 1 is 0.279 bits per heavy atom. The van der Waals surface area contributed by atoms with Gasteiger partial charge in [0.05, 0.1) is 30.5 Å². The molecule has 0 fully saturated rings. The largest absolute Gasteiger partial charge is 0.832 e. The average Bonchev–Trinajstić information content (AvgIpc) is 3.32. The standard InChI is InChI=1S/C24F20S.C18H15S.BH2O3/c25-1-5(29)13(37)21(14(38)6(1)30)45(22-15(39)7(31)2(26)8(32)16(22)40,23-17(41)9(33)3(27)10(34)18(23)42)24-19(43)11(35)4(28)12(36)20(24)44;1-4-10-16(11-5-1)19(17-12-6-2-7-13-17)18-14-8-3-9-15-18;2-1(3)4/h;1-15H;2-3H/q;+1;-1. The molecule has 0 heterocycles.